The molecule has 4 heteroatoms. The van der Waals surface area contributed by atoms with E-state index in [1.807, 2.05) is 0 Å². The zero-order valence-electron chi connectivity index (χ0n) is 11.9. The second-order valence-corrected chi connectivity index (χ2v) is 5.34. The lowest BCUT2D eigenvalue weighted by molar-refractivity contribution is -0.0810. The zero-order valence-corrected chi connectivity index (χ0v) is 11.9. The molecule has 0 aromatic heterocycles. The van der Waals surface area contributed by atoms with Gasteiger partial charge in [0, 0.05) is 6.54 Å². The first kappa shape index (κ1) is 16.8. The maximum absolute atomic E-state index is 5.86. The lowest BCUT2D eigenvalue weighted by Gasteiger charge is -2.31. The predicted molar refractivity (Wildman–Crippen MR) is 72.0 cm³/mol. The smallest absolute Gasteiger partial charge is 0.0674 e. The molecule has 1 unspecified atom stereocenters. The molecular weight excluding hydrogens is 216 g/mol. The summed E-state index contributed by atoms with van der Waals surface area (Å²) in [6.07, 6.45) is 2.73. The van der Waals surface area contributed by atoms with E-state index in [4.69, 9.17) is 20.9 Å². The summed E-state index contributed by atoms with van der Waals surface area (Å²) in [5.41, 5.74) is 10.7. The first-order chi connectivity index (χ1) is 7.89. The lowest BCUT2D eigenvalue weighted by atomic mass is 9.99. The van der Waals surface area contributed by atoms with Crippen molar-refractivity contribution in [2.45, 2.75) is 58.2 Å². The monoisotopic (exact) mass is 246 g/mol. The van der Waals surface area contributed by atoms with Crippen LogP contribution in [0.1, 0.15) is 47.0 Å². The molecule has 0 radical (unpaired) electrons. The topological polar surface area (TPSA) is 70.5 Å². The van der Waals surface area contributed by atoms with Gasteiger partial charge in [0.15, 0.2) is 0 Å². The number of ether oxygens (including phenoxy) is 2. The van der Waals surface area contributed by atoms with Crippen molar-refractivity contribution in [3.63, 3.8) is 0 Å². The Morgan fingerprint density at radius 2 is 1.53 bits per heavy atom. The van der Waals surface area contributed by atoms with Crippen molar-refractivity contribution in [2.24, 2.45) is 11.5 Å². The fourth-order valence-electron chi connectivity index (χ4n) is 1.62. The molecule has 0 aliphatic rings. The normalized spacial score (nSPS) is 15.9. The zero-order chi connectivity index (χ0) is 13.4. The van der Waals surface area contributed by atoms with Gasteiger partial charge >= 0.3 is 0 Å². The first-order valence-corrected chi connectivity index (χ1v) is 6.57. The summed E-state index contributed by atoms with van der Waals surface area (Å²) in [7, 11) is 0. The van der Waals surface area contributed by atoms with Gasteiger partial charge in [0.2, 0.25) is 0 Å². The summed E-state index contributed by atoms with van der Waals surface area (Å²) < 4.78 is 11.6. The minimum absolute atomic E-state index is 0.127. The molecule has 0 aliphatic carbocycles. The number of hydrogen-bond acceptors (Lipinski definition) is 4. The highest BCUT2D eigenvalue weighted by molar-refractivity contribution is 4.75. The molecule has 4 N–H and O–H groups in total. The maximum atomic E-state index is 5.86. The van der Waals surface area contributed by atoms with Gasteiger partial charge < -0.3 is 20.9 Å². The summed E-state index contributed by atoms with van der Waals surface area (Å²) in [5, 5.41) is 0. The van der Waals surface area contributed by atoms with Gasteiger partial charge in [-0.15, -0.1) is 0 Å². The van der Waals surface area contributed by atoms with Crippen molar-refractivity contribution in [2.75, 3.05) is 26.3 Å². The van der Waals surface area contributed by atoms with E-state index in [0.717, 1.165) is 19.3 Å². The van der Waals surface area contributed by atoms with Crippen LogP contribution in [0.15, 0.2) is 0 Å². The van der Waals surface area contributed by atoms with Crippen molar-refractivity contribution < 1.29 is 9.47 Å². The van der Waals surface area contributed by atoms with E-state index in [-0.39, 0.29) is 11.2 Å². The van der Waals surface area contributed by atoms with Gasteiger partial charge in [0.25, 0.3) is 0 Å². The van der Waals surface area contributed by atoms with Crippen LogP contribution < -0.4 is 11.5 Å². The summed E-state index contributed by atoms with van der Waals surface area (Å²) >= 11 is 0. The number of hydrogen-bond donors (Lipinski definition) is 2. The Kier molecular flexibility index (Phi) is 7.96. The molecule has 0 aromatic rings. The Morgan fingerprint density at radius 3 is 2.00 bits per heavy atom. The molecular formula is C13H30N2O2. The van der Waals surface area contributed by atoms with Crippen molar-refractivity contribution in [1.82, 2.24) is 0 Å². The van der Waals surface area contributed by atoms with Crippen LogP contribution in [0, 0.1) is 0 Å². The van der Waals surface area contributed by atoms with Gasteiger partial charge in [-0.05, 0) is 46.6 Å². The summed E-state index contributed by atoms with van der Waals surface area (Å²) in [6.45, 7) is 10.9. The first-order valence-electron chi connectivity index (χ1n) is 6.57. The minimum Gasteiger partial charge on any atom is -0.375 e. The van der Waals surface area contributed by atoms with Crippen molar-refractivity contribution in [3.05, 3.63) is 0 Å². The van der Waals surface area contributed by atoms with E-state index in [1.165, 1.54) is 0 Å². The van der Waals surface area contributed by atoms with E-state index < -0.39 is 0 Å². The molecule has 0 amide bonds. The molecule has 0 aromatic carbocycles. The second-order valence-electron chi connectivity index (χ2n) is 5.34. The highest BCUT2D eigenvalue weighted by Gasteiger charge is 2.24. The van der Waals surface area contributed by atoms with Gasteiger partial charge in [-0.1, -0.05) is 6.92 Å². The van der Waals surface area contributed by atoms with E-state index in [1.54, 1.807) is 0 Å². The molecule has 104 valence electrons. The summed E-state index contributed by atoms with van der Waals surface area (Å²) in [6, 6.07) is 0. The van der Waals surface area contributed by atoms with Gasteiger partial charge in [-0.3, -0.25) is 0 Å². The summed E-state index contributed by atoms with van der Waals surface area (Å²) in [4.78, 5) is 0. The van der Waals surface area contributed by atoms with Crippen LogP contribution in [0.4, 0.5) is 0 Å². The van der Waals surface area contributed by atoms with E-state index in [2.05, 4.69) is 27.7 Å². The molecule has 1 atom stereocenters. The second kappa shape index (κ2) is 8.03. The predicted octanol–water partition coefficient (Wildman–Crippen LogP) is 1.66. The van der Waals surface area contributed by atoms with Crippen molar-refractivity contribution in [1.29, 1.82) is 0 Å². The number of rotatable bonds is 10. The Labute approximate surface area is 106 Å². The van der Waals surface area contributed by atoms with Crippen LogP contribution >= 0.6 is 0 Å². The quantitative estimate of drug-likeness (QED) is 0.615. The third kappa shape index (κ3) is 7.71. The van der Waals surface area contributed by atoms with E-state index >= 15 is 0 Å². The van der Waals surface area contributed by atoms with Crippen LogP contribution in [0.2, 0.25) is 0 Å². The van der Waals surface area contributed by atoms with Gasteiger partial charge in [0.1, 0.15) is 0 Å². The fraction of sp³-hybridized carbons (Fsp3) is 1.00. The molecule has 0 saturated heterocycles. The van der Waals surface area contributed by atoms with E-state index in [0.29, 0.717) is 26.3 Å². The van der Waals surface area contributed by atoms with Gasteiger partial charge in [0.05, 0.1) is 24.4 Å². The highest BCUT2D eigenvalue weighted by atomic mass is 16.5. The molecule has 4 nitrogen and oxygen atoms in total. The third-order valence-electron chi connectivity index (χ3n) is 3.19. The Morgan fingerprint density at radius 1 is 0.882 bits per heavy atom. The van der Waals surface area contributed by atoms with Crippen molar-refractivity contribution >= 4 is 0 Å². The average Bonchev–Trinajstić information content (AvgIpc) is 2.26. The Balaban J connectivity index is 3.98. The van der Waals surface area contributed by atoms with Crippen LogP contribution in [0.5, 0.6) is 0 Å². The maximum Gasteiger partial charge on any atom is 0.0674 e. The van der Waals surface area contributed by atoms with Gasteiger partial charge in [-0.25, -0.2) is 0 Å². The molecule has 0 heterocycles. The average molecular weight is 246 g/mol. The van der Waals surface area contributed by atoms with Crippen molar-refractivity contribution in [3.8, 4) is 0 Å². The highest BCUT2D eigenvalue weighted by Crippen LogP contribution is 2.22. The molecule has 0 saturated carbocycles. The summed E-state index contributed by atoms with van der Waals surface area (Å²) in [5.74, 6) is 0. The van der Waals surface area contributed by atoms with Gasteiger partial charge in [-0.2, -0.15) is 0 Å². The van der Waals surface area contributed by atoms with E-state index in [9.17, 15) is 0 Å². The minimum atomic E-state index is -0.142. The SMILES string of the molecule is CCC(C)(CCOC(C)(C)CCN)OCCN. The fourth-order valence-corrected chi connectivity index (χ4v) is 1.62. The van der Waals surface area contributed by atoms with Crippen LogP contribution in [0.25, 0.3) is 0 Å². The Hall–Kier alpha value is -0.160. The standard InChI is InChI=1S/C13H30N2O2/c1-5-13(4,17-11-9-15)7-10-16-12(2,3)6-8-14/h5-11,14-15H2,1-4H3. The van der Waals surface area contributed by atoms with Crippen LogP contribution in [-0.2, 0) is 9.47 Å². The largest absolute Gasteiger partial charge is 0.375 e. The molecule has 0 spiro atoms. The third-order valence-corrected chi connectivity index (χ3v) is 3.19. The Bertz CT molecular complexity index is 198. The molecule has 0 bridgehead atoms. The molecule has 0 rings (SSSR count). The molecule has 0 fully saturated rings. The molecule has 17 heavy (non-hydrogen) atoms. The number of nitrogens with two attached hydrogens (primary N) is 2. The van der Waals surface area contributed by atoms with Crippen LogP contribution in [0.3, 0.4) is 0 Å². The van der Waals surface area contributed by atoms with Crippen LogP contribution in [-0.4, -0.2) is 37.5 Å². The lowest BCUT2D eigenvalue weighted by Crippen LogP contribution is -2.34. The molecule has 0 aliphatic heterocycles.